The number of rotatable bonds is 2. The van der Waals surface area contributed by atoms with Crippen molar-refractivity contribution in [1.82, 2.24) is 4.90 Å². The summed E-state index contributed by atoms with van der Waals surface area (Å²) in [6.07, 6.45) is 6.17. The van der Waals surface area contributed by atoms with E-state index in [1.54, 1.807) is 0 Å². The van der Waals surface area contributed by atoms with Gasteiger partial charge in [-0.2, -0.15) is 0 Å². The molecule has 2 rings (SSSR count). The summed E-state index contributed by atoms with van der Waals surface area (Å²) >= 11 is 0. The zero-order valence-electron chi connectivity index (χ0n) is 9.88. The Bertz CT molecular complexity index is 326. The number of hydrogen-bond donors (Lipinski definition) is 0. The molecule has 0 aliphatic carbocycles. The first-order chi connectivity index (χ1) is 7.11. The van der Waals surface area contributed by atoms with Crippen molar-refractivity contribution >= 4 is 12.1 Å². The van der Waals surface area contributed by atoms with Crippen molar-refractivity contribution in [3.8, 4) is 0 Å². The van der Waals surface area contributed by atoms with E-state index in [-0.39, 0.29) is 6.17 Å². The highest BCUT2D eigenvalue weighted by Crippen LogP contribution is 2.27. The van der Waals surface area contributed by atoms with Gasteiger partial charge in [0.2, 0.25) is 0 Å². The molecular formula is C12H19N3. The molecule has 0 fully saturated rings. The Kier molecular flexibility index (Phi) is 2.63. The van der Waals surface area contributed by atoms with Crippen LogP contribution >= 0.6 is 0 Å². The van der Waals surface area contributed by atoms with Crippen molar-refractivity contribution in [3.63, 3.8) is 0 Å². The first-order valence-corrected chi connectivity index (χ1v) is 5.67. The fourth-order valence-corrected chi connectivity index (χ4v) is 2.25. The van der Waals surface area contributed by atoms with Crippen LogP contribution in [0.5, 0.6) is 0 Å². The molecule has 2 unspecified atom stereocenters. The second-order valence-electron chi connectivity index (χ2n) is 4.73. The average molecular weight is 205 g/mol. The Balaban J connectivity index is 2.31. The molecule has 0 bridgehead atoms. The Labute approximate surface area is 91.6 Å². The minimum atomic E-state index is 0.0924. The molecule has 15 heavy (non-hydrogen) atoms. The quantitative estimate of drug-likeness (QED) is 0.678. The lowest BCUT2D eigenvalue weighted by Crippen LogP contribution is -2.44. The smallest absolute Gasteiger partial charge is 0.165 e. The monoisotopic (exact) mass is 205 g/mol. The molecule has 2 atom stereocenters. The van der Waals surface area contributed by atoms with Gasteiger partial charge in [-0.25, -0.2) is 4.99 Å². The molecule has 82 valence electrons. The topological polar surface area (TPSA) is 28.0 Å². The lowest BCUT2D eigenvalue weighted by atomic mass is 10.1. The second kappa shape index (κ2) is 3.80. The maximum absolute atomic E-state index is 4.71. The van der Waals surface area contributed by atoms with E-state index < -0.39 is 0 Å². The van der Waals surface area contributed by atoms with Gasteiger partial charge in [0.15, 0.2) is 6.17 Å². The zero-order chi connectivity index (χ0) is 11.0. The van der Waals surface area contributed by atoms with E-state index in [1.165, 1.54) is 5.84 Å². The zero-order valence-corrected chi connectivity index (χ0v) is 9.88. The molecule has 0 amide bonds. The Morgan fingerprint density at radius 1 is 1.27 bits per heavy atom. The normalized spacial score (nSPS) is 28.9. The summed E-state index contributed by atoms with van der Waals surface area (Å²) in [5.74, 6) is 1.67. The van der Waals surface area contributed by atoms with Crippen LogP contribution in [0.25, 0.3) is 0 Å². The van der Waals surface area contributed by atoms with Gasteiger partial charge in [0.05, 0.1) is 6.04 Å². The average Bonchev–Trinajstić information content (AvgIpc) is 2.56. The van der Waals surface area contributed by atoms with E-state index in [9.17, 15) is 0 Å². The highest BCUT2D eigenvalue weighted by molar-refractivity contribution is 5.88. The van der Waals surface area contributed by atoms with E-state index >= 15 is 0 Å². The first kappa shape index (κ1) is 10.4. The van der Waals surface area contributed by atoms with Crippen LogP contribution in [0.2, 0.25) is 0 Å². The van der Waals surface area contributed by atoms with Crippen LogP contribution < -0.4 is 0 Å². The van der Waals surface area contributed by atoms with E-state index in [0.717, 1.165) is 0 Å². The molecule has 3 heteroatoms. The number of aliphatic imine (C=N–C) groups is 2. The molecule has 2 aliphatic rings. The number of fused-ring (bicyclic) bond motifs is 1. The highest BCUT2D eigenvalue weighted by atomic mass is 15.3. The maximum Gasteiger partial charge on any atom is 0.165 e. The summed E-state index contributed by atoms with van der Waals surface area (Å²) in [5.41, 5.74) is 0. The molecule has 2 heterocycles. The summed E-state index contributed by atoms with van der Waals surface area (Å²) in [6, 6.07) is 0.825. The number of amidine groups is 1. The third-order valence-electron chi connectivity index (χ3n) is 2.86. The fourth-order valence-electron chi connectivity index (χ4n) is 2.25. The van der Waals surface area contributed by atoms with Crippen molar-refractivity contribution in [2.75, 3.05) is 0 Å². The van der Waals surface area contributed by atoms with Gasteiger partial charge < -0.3 is 4.90 Å². The maximum atomic E-state index is 4.71. The van der Waals surface area contributed by atoms with Gasteiger partial charge >= 0.3 is 0 Å². The summed E-state index contributed by atoms with van der Waals surface area (Å²) in [4.78, 5) is 11.5. The molecular weight excluding hydrogens is 186 g/mol. The summed E-state index contributed by atoms with van der Waals surface area (Å²) < 4.78 is 0. The standard InChI is InChI=1S/C12H19N3/c1-8(2)12-14-11-10(6-5-7-13-11)15(12)9(3)4/h5-11H,1-4H3. The van der Waals surface area contributed by atoms with Gasteiger partial charge in [0, 0.05) is 18.2 Å². The fraction of sp³-hybridized carbons (Fsp3) is 0.667. The van der Waals surface area contributed by atoms with E-state index in [1.807, 2.05) is 12.3 Å². The van der Waals surface area contributed by atoms with Crippen LogP contribution in [0.3, 0.4) is 0 Å². The summed E-state index contributed by atoms with van der Waals surface area (Å²) in [5, 5.41) is 0. The third-order valence-corrected chi connectivity index (χ3v) is 2.86. The predicted octanol–water partition coefficient (Wildman–Crippen LogP) is 2.10. The number of hydrogen-bond acceptors (Lipinski definition) is 3. The van der Waals surface area contributed by atoms with Crippen molar-refractivity contribution in [2.45, 2.75) is 45.9 Å². The lowest BCUT2D eigenvalue weighted by Gasteiger charge is -2.33. The van der Waals surface area contributed by atoms with Gasteiger partial charge in [-0.15, -0.1) is 0 Å². The Hall–Kier alpha value is -1.12. The molecule has 0 aromatic rings. The van der Waals surface area contributed by atoms with Crippen LogP contribution in [0.4, 0.5) is 0 Å². The molecule has 0 radical (unpaired) electrons. The largest absolute Gasteiger partial charge is 0.347 e. The third kappa shape index (κ3) is 1.71. The van der Waals surface area contributed by atoms with Crippen molar-refractivity contribution in [3.05, 3.63) is 12.2 Å². The molecule has 0 N–H and O–H groups in total. The first-order valence-electron chi connectivity index (χ1n) is 5.67. The van der Waals surface area contributed by atoms with Crippen molar-refractivity contribution in [1.29, 1.82) is 0 Å². The minimum Gasteiger partial charge on any atom is -0.347 e. The van der Waals surface area contributed by atoms with Gasteiger partial charge in [-0.3, -0.25) is 4.99 Å². The molecule has 0 aromatic carbocycles. The molecule has 0 saturated carbocycles. The van der Waals surface area contributed by atoms with Crippen molar-refractivity contribution < 1.29 is 0 Å². The van der Waals surface area contributed by atoms with Gasteiger partial charge in [0.1, 0.15) is 5.84 Å². The van der Waals surface area contributed by atoms with E-state index in [0.29, 0.717) is 18.0 Å². The summed E-state index contributed by atoms with van der Waals surface area (Å²) in [7, 11) is 0. The number of nitrogens with zero attached hydrogens (tertiary/aromatic N) is 3. The Morgan fingerprint density at radius 2 is 2.00 bits per heavy atom. The SMILES string of the molecule is CC(C)C1=NC2N=CC=CC2N1C(C)C. The van der Waals surface area contributed by atoms with E-state index in [4.69, 9.17) is 4.99 Å². The number of allylic oxidation sites excluding steroid dienone is 1. The van der Waals surface area contributed by atoms with Crippen LogP contribution in [-0.4, -0.2) is 35.2 Å². The predicted molar refractivity (Wildman–Crippen MR) is 64.5 cm³/mol. The molecule has 3 nitrogen and oxygen atoms in total. The Morgan fingerprint density at radius 3 is 2.60 bits per heavy atom. The van der Waals surface area contributed by atoms with Crippen LogP contribution in [0, 0.1) is 5.92 Å². The van der Waals surface area contributed by atoms with Gasteiger partial charge in [-0.1, -0.05) is 19.9 Å². The second-order valence-corrected chi connectivity index (χ2v) is 4.73. The van der Waals surface area contributed by atoms with E-state index in [2.05, 4.69) is 43.7 Å². The number of dihydropyridines is 1. The molecule has 0 aromatic heterocycles. The molecule has 0 saturated heterocycles. The van der Waals surface area contributed by atoms with Crippen LogP contribution in [-0.2, 0) is 0 Å². The van der Waals surface area contributed by atoms with Crippen LogP contribution in [0.15, 0.2) is 22.1 Å². The van der Waals surface area contributed by atoms with Gasteiger partial charge in [0.25, 0.3) is 0 Å². The lowest BCUT2D eigenvalue weighted by molar-refractivity contribution is 0.291. The molecule has 0 spiro atoms. The van der Waals surface area contributed by atoms with Crippen molar-refractivity contribution in [2.24, 2.45) is 15.9 Å². The van der Waals surface area contributed by atoms with Crippen LogP contribution in [0.1, 0.15) is 27.7 Å². The molecule has 2 aliphatic heterocycles. The highest BCUT2D eigenvalue weighted by Gasteiger charge is 2.37. The minimum absolute atomic E-state index is 0.0924. The van der Waals surface area contributed by atoms with Gasteiger partial charge in [-0.05, 0) is 19.9 Å². The summed E-state index contributed by atoms with van der Waals surface area (Å²) in [6.45, 7) is 8.82.